The number of nitrogens with zero attached hydrogens (tertiary/aromatic N) is 1. The molecule has 15 heavy (non-hydrogen) atoms. The van der Waals surface area contributed by atoms with E-state index in [0.717, 1.165) is 5.01 Å². The fourth-order valence-corrected chi connectivity index (χ4v) is 2.07. The van der Waals surface area contributed by atoms with Crippen LogP contribution in [0.3, 0.4) is 0 Å². The van der Waals surface area contributed by atoms with Crippen LogP contribution >= 0.6 is 22.9 Å². The minimum Gasteiger partial charge on any atom is -0.287 e. The first kappa shape index (κ1) is 10.3. The van der Waals surface area contributed by atoms with Crippen LogP contribution in [0.4, 0.5) is 0 Å². The summed E-state index contributed by atoms with van der Waals surface area (Å²) < 4.78 is 0. The van der Waals surface area contributed by atoms with Crippen molar-refractivity contribution >= 4 is 28.7 Å². The molecule has 1 heterocycles. The maximum Gasteiger partial charge on any atom is 0.213 e. The molecule has 4 heteroatoms. The smallest absolute Gasteiger partial charge is 0.213 e. The zero-order valence-corrected chi connectivity index (χ0v) is 9.60. The molecule has 2 rings (SSSR count). The van der Waals surface area contributed by atoms with Crippen LogP contribution in [0.15, 0.2) is 29.6 Å². The number of hydrogen-bond donors (Lipinski definition) is 0. The van der Waals surface area contributed by atoms with E-state index < -0.39 is 0 Å². The second-order valence-corrected chi connectivity index (χ2v) is 4.53. The van der Waals surface area contributed by atoms with E-state index in [9.17, 15) is 4.79 Å². The highest BCUT2D eigenvalue weighted by Crippen LogP contribution is 2.19. The Morgan fingerprint density at radius 1 is 1.40 bits per heavy atom. The zero-order valence-electron chi connectivity index (χ0n) is 8.03. The number of carbonyl (C=O) groups is 1. The lowest BCUT2D eigenvalue weighted by atomic mass is 10.1. The van der Waals surface area contributed by atoms with E-state index in [1.54, 1.807) is 29.6 Å². The maximum atomic E-state index is 11.9. The van der Waals surface area contributed by atoms with Crippen molar-refractivity contribution in [2.45, 2.75) is 6.92 Å². The van der Waals surface area contributed by atoms with Gasteiger partial charge in [0.05, 0.1) is 10.0 Å². The summed E-state index contributed by atoms with van der Waals surface area (Å²) in [5.41, 5.74) is 0.968. The van der Waals surface area contributed by atoms with Gasteiger partial charge in [-0.3, -0.25) is 4.79 Å². The van der Waals surface area contributed by atoms with Crippen LogP contribution in [0, 0.1) is 6.92 Å². The number of halogens is 1. The van der Waals surface area contributed by atoms with E-state index in [1.807, 2.05) is 6.92 Å². The third-order valence-electron chi connectivity index (χ3n) is 1.97. The van der Waals surface area contributed by atoms with Gasteiger partial charge in [0.15, 0.2) is 0 Å². The fourth-order valence-electron chi connectivity index (χ4n) is 1.25. The third-order valence-corrected chi connectivity index (χ3v) is 3.07. The summed E-state index contributed by atoms with van der Waals surface area (Å²) in [7, 11) is 0. The number of rotatable bonds is 2. The summed E-state index contributed by atoms with van der Waals surface area (Å²) in [4.78, 5) is 16.1. The van der Waals surface area contributed by atoms with E-state index in [2.05, 4.69) is 4.98 Å². The second kappa shape index (κ2) is 4.13. The lowest BCUT2D eigenvalue weighted by molar-refractivity contribution is 0.103. The highest BCUT2D eigenvalue weighted by Gasteiger charge is 2.14. The van der Waals surface area contributed by atoms with E-state index in [-0.39, 0.29) is 5.78 Å². The molecular formula is C11H8ClNOS. The number of aryl methyl sites for hydroxylation is 1. The fraction of sp³-hybridized carbons (Fsp3) is 0.0909. The molecule has 76 valence electrons. The van der Waals surface area contributed by atoms with Crippen molar-refractivity contribution in [3.63, 3.8) is 0 Å². The molecule has 0 bridgehead atoms. The zero-order chi connectivity index (χ0) is 10.8. The summed E-state index contributed by atoms with van der Waals surface area (Å²) in [5.74, 6) is -0.120. The minimum absolute atomic E-state index is 0.120. The monoisotopic (exact) mass is 237 g/mol. The van der Waals surface area contributed by atoms with Crippen molar-refractivity contribution in [1.29, 1.82) is 0 Å². The summed E-state index contributed by atoms with van der Waals surface area (Å²) in [5, 5.41) is 3.10. The van der Waals surface area contributed by atoms with Crippen LogP contribution in [0.2, 0.25) is 5.02 Å². The predicted molar refractivity (Wildman–Crippen MR) is 61.7 cm³/mol. The number of ketones is 1. The first-order valence-electron chi connectivity index (χ1n) is 4.40. The van der Waals surface area contributed by atoms with E-state index in [4.69, 9.17) is 11.6 Å². The Labute approximate surface area is 96.5 Å². The Morgan fingerprint density at radius 2 is 2.13 bits per heavy atom. The molecule has 0 spiro atoms. The molecule has 0 aliphatic rings. The highest BCUT2D eigenvalue weighted by molar-refractivity contribution is 7.09. The summed E-state index contributed by atoms with van der Waals surface area (Å²) in [6.45, 7) is 1.87. The number of benzene rings is 1. The summed E-state index contributed by atoms with van der Waals surface area (Å²) in [6.07, 6.45) is 0. The lowest BCUT2D eigenvalue weighted by Crippen LogP contribution is -2.02. The van der Waals surface area contributed by atoms with Crippen molar-refractivity contribution in [1.82, 2.24) is 4.98 Å². The predicted octanol–water partition coefficient (Wildman–Crippen LogP) is 3.34. The van der Waals surface area contributed by atoms with Crippen molar-refractivity contribution in [2.75, 3.05) is 0 Å². The molecule has 2 nitrogen and oxygen atoms in total. The van der Waals surface area contributed by atoms with Crippen LogP contribution in [0.1, 0.15) is 21.1 Å². The number of thiazole rings is 1. The Morgan fingerprint density at radius 3 is 2.73 bits per heavy atom. The number of aromatic nitrogens is 1. The first-order chi connectivity index (χ1) is 7.18. The lowest BCUT2D eigenvalue weighted by Gasteiger charge is -1.99. The first-order valence-corrected chi connectivity index (χ1v) is 5.65. The normalized spacial score (nSPS) is 10.3. The topological polar surface area (TPSA) is 30.0 Å². The quantitative estimate of drug-likeness (QED) is 0.750. The third kappa shape index (κ3) is 2.08. The molecule has 0 unspecified atom stereocenters. The Kier molecular flexibility index (Phi) is 2.84. The van der Waals surface area contributed by atoms with Crippen molar-refractivity contribution in [3.05, 3.63) is 50.9 Å². The van der Waals surface area contributed by atoms with Gasteiger partial charge in [-0.2, -0.15) is 0 Å². The Hall–Kier alpha value is -1.19. The molecule has 0 aliphatic carbocycles. The van der Waals surface area contributed by atoms with Gasteiger partial charge >= 0.3 is 0 Å². The average molecular weight is 238 g/mol. The van der Waals surface area contributed by atoms with Crippen molar-refractivity contribution in [2.24, 2.45) is 0 Å². The van der Waals surface area contributed by atoms with E-state index in [0.29, 0.717) is 16.3 Å². The maximum absolute atomic E-state index is 11.9. The van der Waals surface area contributed by atoms with Gasteiger partial charge in [-0.15, -0.1) is 11.3 Å². The van der Waals surface area contributed by atoms with Gasteiger partial charge in [-0.25, -0.2) is 4.98 Å². The van der Waals surface area contributed by atoms with Crippen LogP contribution in [0.5, 0.6) is 0 Å². The SMILES string of the molecule is Cc1nc(C(=O)c2ccccc2Cl)cs1. The molecule has 0 fully saturated rings. The molecule has 0 N–H and O–H groups in total. The second-order valence-electron chi connectivity index (χ2n) is 3.06. The largest absolute Gasteiger partial charge is 0.287 e. The average Bonchev–Trinajstić information content (AvgIpc) is 2.65. The van der Waals surface area contributed by atoms with Gasteiger partial charge < -0.3 is 0 Å². The Bertz CT molecular complexity index is 507. The molecule has 0 atom stereocenters. The molecule has 0 aliphatic heterocycles. The van der Waals surface area contributed by atoms with Crippen molar-refractivity contribution < 1.29 is 4.79 Å². The number of hydrogen-bond acceptors (Lipinski definition) is 3. The molecule has 1 aromatic carbocycles. The van der Waals surface area contributed by atoms with Gasteiger partial charge in [-0.05, 0) is 19.1 Å². The van der Waals surface area contributed by atoms with Crippen LogP contribution < -0.4 is 0 Å². The minimum atomic E-state index is -0.120. The van der Waals surface area contributed by atoms with E-state index >= 15 is 0 Å². The van der Waals surface area contributed by atoms with Crippen LogP contribution in [-0.4, -0.2) is 10.8 Å². The number of carbonyl (C=O) groups excluding carboxylic acids is 1. The standard InChI is InChI=1S/C11H8ClNOS/c1-7-13-10(6-15-7)11(14)8-4-2-3-5-9(8)12/h2-6H,1H3. The molecule has 0 saturated carbocycles. The van der Waals surface area contributed by atoms with Crippen molar-refractivity contribution in [3.8, 4) is 0 Å². The van der Waals surface area contributed by atoms with Crippen LogP contribution in [-0.2, 0) is 0 Å². The molecular weight excluding hydrogens is 230 g/mol. The van der Waals surface area contributed by atoms with E-state index in [1.165, 1.54) is 11.3 Å². The summed E-state index contributed by atoms with van der Waals surface area (Å²) in [6, 6.07) is 7.00. The summed E-state index contributed by atoms with van der Waals surface area (Å²) >= 11 is 7.39. The Balaban J connectivity index is 2.41. The molecule has 0 saturated heterocycles. The highest BCUT2D eigenvalue weighted by atomic mass is 35.5. The van der Waals surface area contributed by atoms with Gasteiger partial charge in [0.25, 0.3) is 0 Å². The van der Waals surface area contributed by atoms with Gasteiger partial charge in [0.2, 0.25) is 5.78 Å². The molecule has 0 radical (unpaired) electrons. The molecule has 2 aromatic rings. The van der Waals surface area contributed by atoms with Crippen LogP contribution in [0.25, 0.3) is 0 Å². The van der Waals surface area contributed by atoms with Gasteiger partial charge in [-0.1, -0.05) is 23.7 Å². The molecule has 0 amide bonds. The van der Waals surface area contributed by atoms with Gasteiger partial charge in [0, 0.05) is 10.9 Å². The van der Waals surface area contributed by atoms with Gasteiger partial charge in [0.1, 0.15) is 5.69 Å². The molecule has 1 aromatic heterocycles.